The Kier molecular flexibility index (Phi) is 8.62. The highest BCUT2D eigenvalue weighted by molar-refractivity contribution is 5.72. The zero-order chi connectivity index (χ0) is 31.6. The van der Waals surface area contributed by atoms with Gasteiger partial charge in [0.2, 0.25) is 0 Å². The number of rotatable bonds is 7. The summed E-state index contributed by atoms with van der Waals surface area (Å²) in [5.74, 6) is 1.81. The smallest absolute Gasteiger partial charge is 0.415 e. The molecule has 4 aromatic rings. The summed E-state index contributed by atoms with van der Waals surface area (Å²) in [6.45, 7) is 13.4. The number of likely N-dealkylation sites (tertiary alicyclic amines) is 1. The average molecular weight is 597 g/mol. The lowest BCUT2D eigenvalue weighted by Crippen LogP contribution is -2.36. The number of aromatic nitrogens is 4. The normalized spacial score (nSPS) is 15.6. The van der Waals surface area contributed by atoms with E-state index >= 15 is 0 Å². The average Bonchev–Trinajstić information content (AvgIpc) is 3.76. The molecule has 1 saturated heterocycles. The maximum absolute atomic E-state index is 12.5. The molecule has 10 heteroatoms. The van der Waals surface area contributed by atoms with Gasteiger partial charge >= 0.3 is 12.2 Å². The first-order valence-corrected chi connectivity index (χ1v) is 14.8. The third kappa shape index (κ3) is 6.85. The van der Waals surface area contributed by atoms with Crippen LogP contribution in [0.25, 0.3) is 33.6 Å². The first kappa shape index (κ1) is 30.6. The van der Waals surface area contributed by atoms with Gasteiger partial charge in [0.05, 0.1) is 41.6 Å². The lowest BCUT2D eigenvalue weighted by Gasteiger charge is -2.27. The van der Waals surface area contributed by atoms with Crippen molar-refractivity contribution in [2.24, 2.45) is 0 Å². The number of allylic oxidation sites excluding steroid dienone is 1. The number of aromatic amines is 2. The van der Waals surface area contributed by atoms with Gasteiger partial charge in [-0.2, -0.15) is 0 Å². The second kappa shape index (κ2) is 12.4. The number of benzene rings is 2. The number of nitrogens with zero attached hydrogens (tertiary/aromatic N) is 4. The minimum absolute atomic E-state index is 0.145. The molecule has 0 radical (unpaired) electrons. The number of H-pyrrole nitrogens is 2. The lowest BCUT2D eigenvalue weighted by molar-refractivity contribution is 0.0227. The van der Waals surface area contributed by atoms with E-state index in [1.165, 1.54) is 4.90 Å². The molecule has 0 aliphatic carbocycles. The van der Waals surface area contributed by atoms with Crippen LogP contribution in [-0.4, -0.2) is 61.1 Å². The molecule has 5 rings (SSSR count). The molecule has 2 aromatic heterocycles. The van der Waals surface area contributed by atoms with Crippen LogP contribution in [0, 0.1) is 0 Å². The van der Waals surface area contributed by atoms with Gasteiger partial charge in [-0.15, -0.1) is 0 Å². The Hall–Kier alpha value is -4.86. The van der Waals surface area contributed by atoms with Gasteiger partial charge in [0.25, 0.3) is 0 Å². The van der Waals surface area contributed by atoms with Crippen molar-refractivity contribution in [1.29, 1.82) is 0 Å². The quantitative estimate of drug-likeness (QED) is 0.210. The standard InChI is InChI=1S/C34H40N6O4/c1-21(2)43-33(42)40-18-8-9-29(40)31-36-20-28(38-31)26-16-12-24(13-17-26)23-10-14-25(15-11-23)27-19-35-30(37-27)22(3)39(7)32(41)44-34(4,5)6/h10-17,19-20,22,29H,1,8-9,18H2,2-7H3,(H,35,37)(H,36,38)/t22-,29-/m0/s1. The Morgan fingerprint density at radius 3 is 2.07 bits per heavy atom. The summed E-state index contributed by atoms with van der Waals surface area (Å²) in [5.41, 5.74) is 5.37. The molecule has 10 nitrogen and oxygen atoms in total. The number of nitrogens with one attached hydrogen (secondary N) is 2. The molecule has 2 atom stereocenters. The predicted molar refractivity (Wildman–Crippen MR) is 169 cm³/mol. The molecule has 2 amide bonds. The van der Waals surface area contributed by atoms with Crippen LogP contribution in [0.15, 0.2) is 73.3 Å². The van der Waals surface area contributed by atoms with E-state index in [1.807, 2.05) is 33.9 Å². The highest BCUT2D eigenvalue weighted by atomic mass is 16.6. The number of ether oxygens (including phenoxy) is 2. The molecule has 2 N–H and O–H groups in total. The molecular formula is C34H40N6O4. The summed E-state index contributed by atoms with van der Waals surface area (Å²) in [6, 6.07) is 16.1. The van der Waals surface area contributed by atoms with Gasteiger partial charge in [0.15, 0.2) is 0 Å². The fourth-order valence-electron chi connectivity index (χ4n) is 5.19. The van der Waals surface area contributed by atoms with Gasteiger partial charge in [0.1, 0.15) is 17.2 Å². The highest BCUT2D eigenvalue weighted by Crippen LogP contribution is 2.33. The third-order valence-corrected chi connectivity index (χ3v) is 7.64. The van der Waals surface area contributed by atoms with Gasteiger partial charge in [-0.3, -0.25) is 4.90 Å². The number of hydrogen-bond acceptors (Lipinski definition) is 6. The molecule has 2 aromatic carbocycles. The molecule has 1 fully saturated rings. The van der Waals surface area contributed by atoms with Gasteiger partial charge in [-0.05, 0) is 69.7 Å². The first-order valence-electron chi connectivity index (χ1n) is 14.8. The minimum Gasteiger partial charge on any atom is -0.444 e. The Balaban J connectivity index is 1.24. The van der Waals surface area contributed by atoms with Crippen molar-refractivity contribution < 1.29 is 19.1 Å². The largest absolute Gasteiger partial charge is 0.444 e. The van der Waals surface area contributed by atoms with Crippen molar-refractivity contribution >= 4 is 12.2 Å². The van der Waals surface area contributed by atoms with E-state index in [1.54, 1.807) is 25.1 Å². The second-order valence-corrected chi connectivity index (χ2v) is 12.2. The maximum atomic E-state index is 12.5. The number of carbonyl (C=O) groups excluding carboxylic acids is 2. The molecular weight excluding hydrogens is 556 g/mol. The van der Waals surface area contributed by atoms with Gasteiger partial charge in [-0.25, -0.2) is 19.6 Å². The topological polar surface area (TPSA) is 116 Å². The second-order valence-electron chi connectivity index (χ2n) is 12.2. The zero-order valence-electron chi connectivity index (χ0n) is 26.2. The summed E-state index contributed by atoms with van der Waals surface area (Å²) >= 11 is 0. The van der Waals surface area contributed by atoms with E-state index in [9.17, 15) is 9.59 Å². The van der Waals surface area contributed by atoms with Crippen molar-refractivity contribution in [3.05, 3.63) is 84.9 Å². The van der Waals surface area contributed by atoms with Gasteiger partial charge < -0.3 is 24.3 Å². The van der Waals surface area contributed by atoms with Crippen molar-refractivity contribution in [3.63, 3.8) is 0 Å². The summed E-state index contributed by atoms with van der Waals surface area (Å²) in [7, 11) is 1.71. The Bertz CT molecular complexity index is 1630. The SMILES string of the molecule is C=C(C)OC(=O)N1CCC[C@H]1c1ncc(-c2ccc(-c3ccc(-c4cnc([C@H](C)N(C)C(=O)OC(C)(C)C)[nH]4)cc3)cc2)[nH]1. The van der Waals surface area contributed by atoms with Crippen LogP contribution in [0.5, 0.6) is 0 Å². The monoisotopic (exact) mass is 596 g/mol. The summed E-state index contributed by atoms with van der Waals surface area (Å²) in [6.07, 6.45) is 4.53. The molecule has 0 spiro atoms. The van der Waals surface area contributed by atoms with E-state index in [0.717, 1.165) is 52.3 Å². The number of amides is 2. The van der Waals surface area contributed by atoms with Crippen molar-refractivity contribution in [2.75, 3.05) is 13.6 Å². The summed E-state index contributed by atoms with van der Waals surface area (Å²) in [5, 5.41) is 0. The minimum atomic E-state index is -0.564. The van der Waals surface area contributed by atoms with Crippen LogP contribution < -0.4 is 0 Å². The van der Waals surface area contributed by atoms with E-state index in [2.05, 4.69) is 75.0 Å². The van der Waals surface area contributed by atoms with Crippen LogP contribution in [0.2, 0.25) is 0 Å². The molecule has 0 saturated carbocycles. The molecule has 0 unspecified atom stereocenters. The van der Waals surface area contributed by atoms with Crippen LogP contribution >= 0.6 is 0 Å². The van der Waals surface area contributed by atoms with Crippen LogP contribution in [0.1, 0.15) is 71.2 Å². The Morgan fingerprint density at radius 1 is 0.955 bits per heavy atom. The van der Waals surface area contributed by atoms with Gasteiger partial charge in [0, 0.05) is 13.6 Å². The van der Waals surface area contributed by atoms with E-state index < -0.39 is 11.7 Å². The van der Waals surface area contributed by atoms with Crippen LogP contribution in [0.3, 0.4) is 0 Å². The number of imidazole rings is 2. The van der Waals surface area contributed by atoms with E-state index in [0.29, 0.717) is 18.1 Å². The lowest BCUT2D eigenvalue weighted by atomic mass is 10.0. The van der Waals surface area contributed by atoms with Crippen molar-refractivity contribution in [3.8, 4) is 33.6 Å². The van der Waals surface area contributed by atoms with Crippen molar-refractivity contribution in [1.82, 2.24) is 29.7 Å². The first-order chi connectivity index (χ1) is 20.9. The van der Waals surface area contributed by atoms with E-state index in [-0.39, 0.29) is 18.2 Å². The molecule has 44 heavy (non-hydrogen) atoms. The predicted octanol–water partition coefficient (Wildman–Crippen LogP) is 7.87. The number of carbonyl (C=O) groups is 2. The summed E-state index contributed by atoms with van der Waals surface area (Å²) < 4.78 is 10.7. The summed E-state index contributed by atoms with van der Waals surface area (Å²) in [4.78, 5) is 44.1. The number of hydrogen-bond donors (Lipinski definition) is 2. The molecule has 0 bridgehead atoms. The third-order valence-electron chi connectivity index (χ3n) is 7.64. The van der Waals surface area contributed by atoms with Crippen LogP contribution in [0.4, 0.5) is 9.59 Å². The molecule has 230 valence electrons. The highest BCUT2D eigenvalue weighted by Gasteiger charge is 2.33. The molecule has 3 heterocycles. The fourth-order valence-corrected chi connectivity index (χ4v) is 5.19. The van der Waals surface area contributed by atoms with E-state index in [4.69, 9.17) is 9.47 Å². The molecule has 1 aliphatic rings. The Labute approximate surface area is 258 Å². The van der Waals surface area contributed by atoms with Gasteiger partial charge in [-0.1, -0.05) is 55.1 Å². The molecule has 1 aliphatic heterocycles. The zero-order valence-corrected chi connectivity index (χ0v) is 26.2. The van der Waals surface area contributed by atoms with Crippen molar-refractivity contribution in [2.45, 2.75) is 65.1 Å². The maximum Gasteiger partial charge on any atom is 0.415 e. The Morgan fingerprint density at radius 2 is 1.50 bits per heavy atom. The van der Waals surface area contributed by atoms with Crippen LogP contribution in [-0.2, 0) is 9.47 Å². The fraction of sp³-hybridized carbons (Fsp3) is 0.353.